The summed E-state index contributed by atoms with van der Waals surface area (Å²) in [6, 6.07) is 16.0. The Kier molecular flexibility index (Phi) is 4.16. The van der Waals surface area contributed by atoms with Gasteiger partial charge in [0.1, 0.15) is 11.6 Å². The molecule has 0 unspecified atom stereocenters. The van der Waals surface area contributed by atoms with Crippen LogP contribution in [0.3, 0.4) is 0 Å². The van der Waals surface area contributed by atoms with Crippen LogP contribution in [-0.4, -0.2) is 17.1 Å². The van der Waals surface area contributed by atoms with Crippen molar-refractivity contribution >= 4 is 27.7 Å². The van der Waals surface area contributed by atoms with Crippen LogP contribution in [0.15, 0.2) is 53.0 Å². The van der Waals surface area contributed by atoms with Crippen molar-refractivity contribution in [3.8, 4) is 28.1 Å². The van der Waals surface area contributed by atoms with E-state index in [0.717, 1.165) is 16.7 Å². The van der Waals surface area contributed by atoms with E-state index in [9.17, 15) is 0 Å². The van der Waals surface area contributed by atoms with Crippen LogP contribution in [0, 0.1) is 0 Å². The first-order valence-corrected chi connectivity index (χ1v) is 7.71. The molecule has 0 bridgehead atoms. The zero-order valence-electron chi connectivity index (χ0n) is 12.5. The van der Waals surface area contributed by atoms with Gasteiger partial charge in [-0.05, 0) is 39.2 Å². The number of aromatic nitrogens is 2. The highest BCUT2D eigenvalue weighted by Crippen LogP contribution is 2.38. The number of halogens is 1. The molecule has 3 rings (SSSR count). The molecule has 5 nitrogen and oxygen atoms in total. The average molecular weight is 371 g/mol. The second-order valence-electron chi connectivity index (χ2n) is 4.91. The first-order valence-electron chi connectivity index (χ1n) is 6.92. The van der Waals surface area contributed by atoms with Gasteiger partial charge in [-0.3, -0.25) is 0 Å². The van der Waals surface area contributed by atoms with Crippen molar-refractivity contribution in [2.24, 2.45) is 0 Å². The number of hydrogen-bond donors (Lipinski definition) is 2. The molecule has 2 aromatic carbocycles. The van der Waals surface area contributed by atoms with Gasteiger partial charge in [-0.15, -0.1) is 0 Å². The number of methoxy groups -OCH3 is 1. The Morgan fingerprint density at radius 3 is 2.39 bits per heavy atom. The van der Waals surface area contributed by atoms with Crippen molar-refractivity contribution in [3.63, 3.8) is 0 Å². The maximum atomic E-state index is 5.88. The van der Waals surface area contributed by atoms with Gasteiger partial charge in [0, 0.05) is 5.56 Å². The molecular weight excluding hydrogens is 356 g/mol. The van der Waals surface area contributed by atoms with Crippen molar-refractivity contribution in [2.75, 3.05) is 18.6 Å². The molecule has 1 aromatic heterocycles. The van der Waals surface area contributed by atoms with E-state index in [0.29, 0.717) is 21.7 Å². The van der Waals surface area contributed by atoms with E-state index in [1.54, 1.807) is 7.11 Å². The summed E-state index contributed by atoms with van der Waals surface area (Å²) in [7, 11) is 1.61. The highest BCUT2D eigenvalue weighted by molar-refractivity contribution is 9.10. The third-order valence-electron chi connectivity index (χ3n) is 3.46. The van der Waals surface area contributed by atoms with Gasteiger partial charge in [0.05, 0.1) is 17.3 Å². The number of benzene rings is 2. The third-order valence-corrected chi connectivity index (χ3v) is 4.24. The Labute approximate surface area is 142 Å². The van der Waals surface area contributed by atoms with Crippen LogP contribution in [-0.2, 0) is 0 Å². The van der Waals surface area contributed by atoms with Crippen LogP contribution in [0.4, 0.5) is 11.8 Å². The number of anilines is 2. The summed E-state index contributed by atoms with van der Waals surface area (Å²) in [4.78, 5) is 8.26. The topological polar surface area (TPSA) is 87.0 Å². The average Bonchev–Trinajstić information content (AvgIpc) is 2.58. The second kappa shape index (κ2) is 6.26. The fraction of sp³-hybridized carbons (Fsp3) is 0.0588. The number of nitrogen functional groups attached to an aromatic ring is 2. The van der Waals surface area contributed by atoms with E-state index >= 15 is 0 Å². The first-order chi connectivity index (χ1) is 11.1. The van der Waals surface area contributed by atoms with Crippen LogP contribution in [0.1, 0.15) is 0 Å². The van der Waals surface area contributed by atoms with Gasteiger partial charge in [0.2, 0.25) is 5.95 Å². The summed E-state index contributed by atoms with van der Waals surface area (Å²) in [6.07, 6.45) is 0. The van der Waals surface area contributed by atoms with E-state index < -0.39 is 0 Å². The molecule has 0 aliphatic heterocycles. The second-order valence-corrected chi connectivity index (χ2v) is 5.70. The molecule has 0 saturated heterocycles. The smallest absolute Gasteiger partial charge is 0.222 e. The van der Waals surface area contributed by atoms with Crippen LogP contribution in [0.2, 0.25) is 0 Å². The maximum Gasteiger partial charge on any atom is 0.222 e. The van der Waals surface area contributed by atoms with Crippen molar-refractivity contribution in [2.45, 2.75) is 0 Å². The number of nitrogens with two attached hydrogens (primary N) is 2. The third kappa shape index (κ3) is 2.98. The predicted octanol–water partition coefficient (Wildman–Crippen LogP) is 3.75. The van der Waals surface area contributed by atoms with Crippen molar-refractivity contribution in [1.29, 1.82) is 0 Å². The number of nitrogens with zero attached hydrogens (tertiary/aromatic N) is 2. The Bertz CT molecular complexity index is 853. The summed E-state index contributed by atoms with van der Waals surface area (Å²) < 4.78 is 6.06. The van der Waals surface area contributed by atoms with Crippen LogP contribution in [0.5, 0.6) is 5.75 Å². The molecule has 4 N–H and O–H groups in total. The minimum Gasteiger partial charge on any atom is -0.496 e. The van der Waals surface area contributed by atoms with E-state index in [1.165, 1.54) is 0 Å². The summed E-state index contributed by atoms with van der Waals surface area (Å²) in [5, 5.41) is 0. The summed E-state index contributed by atoms with van der Waals surface area (Å²) >= 11 is 3.43. The summed E-state index contributed by atoms with van der Waals surface area (Å²) in [6.45, 7) is 0. The lowest BCUT2D eigenvalue weighted by molar-refractivity contribution is 0.416. The minimum absolute atomic E-state index is 0.118. The molecule has 1 heterocycles. The fourth-order valence-electron chi connectivity index (χ4n) is 2.36. The lowest BCUT2D eigenvalue weighted by atomic mass is 10.0. The molecule has 0 spiro atoms. The Balaban J connectivity index is 2.22. The minimum atomic E-state index is 0.118. The maximum absolute atomic E-state index is 5.88. The highest BCUT2D eigenvalue weighted by Gasteiger charge is 2.16. The predicted molar refractivity (Wildman–Crippen MR) is 96.0 cm³/mol. The largest absolute Gasteiger partial charge is 0.496 e. The molecule has 0 aliphatic rings. The van der Waals surface area contributed by atoms with Gasteiger partial charge in [0.25, 0.3) is 0 Å². The van der Waals surface area contributed by atoms with Crippen LogP contribution >= 0.6 is 15.9 Å². The van der Waals surface area contributed by atoms with Gasteiger partial charge < -0.3 is 16.2 Å². The molecule has 0 saturated carbocycles. The van der Waals surface area contributed by atoms with E-state index in [4.69, 9.17) is 16.2 Å². The summed E-state index contributed by atoms with van der Waals surface area (Å²) in [5.74, 6) is 1.09. The van der Waals surface area contributed by atoms with Crippen molar-refractivity contribution in [3.05, 3.63) is 53.0 Å². The Morgan fingerprint density at radius 2 is 1.70 bits per heavy atom. The van der Waals surface area contributed by atoms with E-state index in [1.807, 2.05) is 48.5 Å². The lowest BCUT2D eigenvalue weighted by Gasteiger charge is -2.13. The molecule has 23 heavy (non-hydrogen) atoms. The highest BCUT2D eigenvalue weighted by atomic mass is 79.9. The fourth-order valence-corrected chi connectivity index (χ4v) is 2.75. The normalized spacial score (nSPS) is 10.5. The first kappa shape index (κ1) is 15.3. The van der Waals surface area contributed by atoms with Gasteiger partial charge in [-0.2, -0.15) is 4.98 Å². The van der Waals surface area contributed by atoms with Crippen molar-refractivity contribution < 1.29 is 4.74 Å². The van der Waals surface area contributed by atoms with E-state index in [-0.39, 0.29) is 5.95 Å². The Morgan fingerprint density at radius 1 is 0.957 bits per heavy atom. The van der Waals surface area contributed by atoms with E-state index in [2.05, 4.69) is 25.9 Å². The molecule has 116 valence electrons. The SMILES string of the molecule is COc1ccc(-c2ccccc2)cc1-c1nc(N)nc(N)c1Br. The van der Waals surface area contributed by atoms with Crippen LogP contribution < -0.4 is 16.2 Å². The van der Waals surface area contributed by atoms with Crippen molar-refractivity contribution in [1.82, 2.24) is 9.97 Å². The Hall–Kier alpha value is -2.60. The zero-order valence-corrected chi connectivity index (χ0v) is 14.0. The molecule has 3 aromatic rings. The van der Waals surface area contributed by atoms with Crippen LogP contribution in [0.25, 0.3) is 22.4 Å². The molecule has 6 heteroatoms. The van der Waals surface area contributed by atoms with Gasteiger partial charge >= 0.3 is 0 Å². The molecule has 0 aliphatic carbocycles. The molecule has 0 amide bonds. The van der Waals surface area contributed by atoms with Gasteiger partial charge in [0.15, 0.2) is 0 Å². The quantitative estimate of drug-likeness (QED) is 0.732. The lowest BCUT2D eigenvalue weighted by Crippen LogP contribution is -2.03. The molecular formula is C17H15BrN4O. The molecule has 0 radical (unpaired) electrons. The molecule has 0 atom stereocenters. The standard InChI is InChI=1S/C17H15BrN4O/c1-23-13-8-7-11(10-5-3-2-4-6-10)9-12(13)15-14(18)16(19)22-17(20)21-15/h2-9H,1H3,(H4,19,20,21,22). The zero-order chi connectivity index (χ0) is 16.4. The number of hydrogen-bond acceptors (Lipinski definition) is 5. The van der Waals surface area contributed by atoms with Gasteiger partial charge in [-0.1, -0.05) is 36.4 Å². The summed E-state index contributed by atoms with van der Waals surface area (Å²) in [5.41, 5.74) is 15.2. The molecule has 0 fully saturated rings. The number of rotatable bonds is 3. The number of ether oxygens (including phenoxy) is 1. The van der Waals surface area contributed by atoms with Gasteiger partial charge in [-0.25, -0.2) is 4.98 Å². The monoisotopic (exact) mass is 370 g/mol.